The molecule has 1 rings (SSSR count). The predicted octanol–water partition coefficient (Wildman–Crippen LogP) is 2.80. The van der Waals surface area contributed by atoms with Gasteiger partial charge in [0.05, 0.1) is 11.5 Å². The minimum Gasteiger partial charge on any atom is -0.481 e. The van der Waals surface area contributed by atoms with Crippen molar-refractivity contribution in [2.45, 2.75) is 45.6 Å². The number of carboxylic acids is 1. The van der Waals surface area contributed by atoms with Crippen LogP contribution in [0.4, 0.5) is 5.69 Å². The van der Waals surface area contributed by atoms with Crippen molar-refractivity contribution >= 4 is 17.6 Å². The quantitative estimate of drug-likeness (QED) is 0.810. The van der Waals surface area contributed by atoms with E-state index in [4.69, 9.17) is 9.84 Å². The molecule has 0 aliphatic carbocycles. The zero-order chi connectivity index (χ0) is 16.0. The SMILES string of the molecule is CCC(C)OCC(=O)Nc1ccc(C(C)(C)C(=O)O)cc1. The second-order valence-corrected chi connectivity index (χ2v) is 5.59. The minimum atomic E-state index is -0.956. The Hall–Kier alpha value is -1.88. The maximum Gasteiger partial charge on any atom is 0.313 e. The molecule has 1 atom stereocenters. The summed E-state index contributed by atoms with van der Waals surface area (Å²) in [7, 11) is 0. The largest absolute Gasteiger partial charge is 0.481 e. The lowest BCUT2D eigenvalue weighted by Crippen LogP contribution is -2.28. The molecule has 0 heterocycles. The number of rotatable bonds is 7. The minimum absolute atomic E-state index is 0.0113. The van der Waals surface area contributed by atoms with Gasteiger partial charge in [-0.1, -0.05) is 19.1 Å². The molecule has 0 aromatic heterocycles. The van der Waals surface area contributed by atoms with Crippen LogP contribution in [0.15, 0.2) is 24.3 Å². The molecule has 1 amide bonds. The maximum absolute atomic E-state index is 11.7. The van der Waals surface area contributed by atoms with E-state index in [1.165, 1.54) is 0 Å². The van der Waals surface area contributed by atoms with Gasteiger partial charge in [0.2, 0.25) is 5.91 Å². The molecule has 0 aliphatic heterocycles. The molecule has 2 N–H and O–H groups in total. The third-order valence-corrected chi connectivity index (χ3v) is 3.50. The fraction of sp³-hybridized carbons (Fsp3) is 0.500. The zero-order valence-electron chi connectivity index (χ0n) is 13.0. The Morgan fingerprint density at radius 2 is 1.86 bits per heavy atom. The first kappa shape index (κ1) is 17.2. The molecule has 0 spiro atoms. The molecule has 1 unspecified atom stereocenters. The molecular weight excluding hydrogens is 270 g/mol. The highest BCUT2D eigenvalue weighted by molar-refractivity contribution is 5.91. The number of carbonyl (C=O) groups excluding carboxylic acids is 1. The topological polar surface area (TPSA) is 75.6 Å². The van der Waals surface area contributed by atoms with Crippen molar-refractivity contribution in [1.29, 1.82) is 0 Å². The number of hydrogen-bond donors (Lipinski definition) is 2. The van der Waals surface area contributed by atoms with Crippen molar-refractivity contribution in [1.82, 2.24) is 0 Å². The normalized spacial score (nSPS) is 12.8. The van der Waals surface area contributed by atoms with Crippen molar-refractivity contribution in [3.05, 3.63) is 29.8 Å². The molecule has 0 saturated heterocycles. The van der Waals surface area contributed by atoms with E-state index in [9.17, 15) is 9.59 Å². The van der Waals surface area contributed by atoms with E-state index >= 15 is 0 Å². The molecule has 1 aromatic carbocycles. The Balaban J connectivity index is 2.63. The Morgan fingerprint density at radius 3 is 2.33 bits per heavy atom. The molecular formula is C16H23NO4. The van der Waals surface area contributed by atoms with Gasteiger partial charge in [-0.2, -0.15) is 0 Å². The van der Waals surface area contributed by atoms with Crippen LogP contribution >= 0.6 is 0 Å². The molecule has 0 fully saturated rings. The summed E-state index contributed by atoms with van der Waals surface area (Å²) in [5.74, 6) is -1.11. The van der Waals surface area contributed by atoms with E-state index in [2.05, 4.69) is 5.32 Å². The highest BCUT2D eigenvalue weighted by Gasteiger charge is 2.29. The van der Waals surface area contributed by atoms with Gasteiger partial charge in [-0.25, -0.2) is 0 Å². The van der Waals surface area contributed by atoms with Crippen molar-refractivity contribution < 1.29 is 19.4 Å². The highest BCUT2D eigenvalue weighted by Crippen LogP contribution is 2.24. The third kappa shape index (κ3) is 4.86. The molecule has 0 bridgehead atoms. The monoisotopic (exact) mass is 293 g/mol. The van der Waals surface area contributed by atoms with Gasteiger partial charge in [-0.3, -0.25) is 9.59 Å². The number of carboxylic acid groups (broad SMARTS) is 1. The lowest BCUT2D eigenvalue weighted by Gasteiger charge is -2.20. The van der Waals surface area contributed by atoms with Crippen LogP contribution in [-0.2, 0) is 19.7 Å². The van der Waals surface area contributed by atoms with E-state index in [-0.39, 0.29) is 18.6 Å². The van der Waals surface area contributed by atoms with Crippen LogP contribution < -0.4 is 5.32 Å². The van der Waals surface area contributed by atoms with Gasteiger partial charge in [0.15, 0.2) is 0 Å². The summed E-state index contributed by atoms with van der Waals surface area (Å²) in [6.45, 7) is 7.20. The summed E-state index contributed by atoms with van der Waals surface area (Å²) in [6.07, 6.45) is 0.904. The second kappa shape index (κ2) is 7.22. The number of benzene rings is 1. The van der Waals surface area contributed by atoms with Crippen LogP contribution in [0.25, 0.3) is 0 Å². The standard InChI is InChI=1S/C16H23NO4/c1-5-11(2)21-10-14(18)17-13-8-6-12(7-9-13)16(3,4)15(19)20/h6-9,11H,5,10H2,1-4H3,(H,17,18)(H,19,20). The lowest BCUT2D eigenvalue weighted by molar-refractivity contribution is -0.142. The number of aliphatic carboxylic acids is 1. The molecule has 5 heteroatoms. The van der Waals surface area contributed by atoms with Crippen LogP contribution in [0.3, 0.4) is 0 Å². The van der Waals surface area contributed by atoms with Gasteiger partial charge in [0, 0.05) is 5.69 Å². The van der Waals surface area contributed by atoms with Gasteiger partial charge in [0.25, 0.3) is 0 Å². The summed E-state index contributed by atoms with van der Waals surface area (Å²) < 4.78 is 5.34. The van der Waals surface area contributed by atoms with E-state index in [0.29, 0.717) is 11.3 Å². The van der Waals surface area contributed by atoms with Crippen molar-refractivity contribution in [3.63, 3.8) is 0 Å². The van der Waals surface area contributed by atoms with E-state index in [1.807, 2.05) is 13.8 Å². The second-order valence-electron chi connectivity index (χ2n) is 5.59. The predicted molar refractivity (Wildman–Crippen MR) is 81.4 cm³/mol. The zero-order valence-corrected chi connectivity index (χ0v) is 13.0. The average molecular weight is 293 g/mol. The molecule has 0 aliphatic rings. The van der Waals surface area contributed by atoms with Gasteiger partial charge >= 0.3 is 5.97 Å². The molecule has 21 heavy (non-hydrogen) atoms. The maximum atomic E-state index is 11.7. The number of nitrogens with one attached hydrogen (secondary N) is 1. The molecule has 1 aromatic rings. The van der Waals surface area contributed by atoms with Crippen molar-refractivity contribution in [3.8, 4) is 0 Å². The van der Waals surface area contributed by atoms with E-state index < -0.39 is 11.4 Å². The first-order chi connectivity index (χ1) is 9.77. The number of amides is 1. The lowest BCUT2D eigenvalue weighted by atomic mass is 9.85. The van der Waals surface area contributed by atoms with Crippen LogP contribution in [0.1, 0.15) is 39.7 Å². The fourth-order valence-corrected chi connectivity index (χ4v) is 1.63. The fourth-order valence-electron chi connectivity index (χ4n) is 1.63. The molecule has 0 radical (unpaired) electrons. The van der Waals surface area contributed by atoms with Crippen LogP contribution in [0.2, 0.25) is 0 Å². The summed E-state index contributed by atoms with van der Waals surface area (Å²) in [4.78, 5) is 22.9. The van der Waals surface area contributed by atoms with Crippen LogP contribution in [0, 0.1) is 0 Å². The number of anilines is 1. The Labute approximate surface area is 125 Å². The summed E-state index contributed by atoms with van der Waals surface area (Å²) in [5.41, 5.74) is 0.351. The number of ether oxygens (including phenoxy) is 1. The molecule has 5 nitrogen and oxygen atoms in total. The highest BCUT2D eigenvalue weighted by atomic mass is 16.5. The van der Waals surface area contributed by atoms with Gasteiger partial charge < -0.3 is 15.2 Å². The van der Waals surface area contributed by atoms with Gasteiger partial charge in [-0.15, -0.1) is 0 Å². The summed E-state index contributed by atoms with van der Waals surface area (Å²) >= 11 is 0. The van der Waals surface area contributed by atoms with E-state index in [1.54, 1.807) is 38.1 Å². The number of carbonyl (C=O) groups is 2. The summed E-state index contributed by atoms with van der Waals surface area (Å²) in [5, 5.41) is 11.9. The van der Waals surface area contributed by atoms with Crippen molar-refractivity contribution in [2.24, 2.45) is 0 Å². The average Bonchev–Trinajstić information content (AvgIpc) is 2.45. The van der Waals surface area contributed by atoms with Crippen molar-refractivity contribution in [2.75, 3.05) is 11.9 Å². The molecule has 0 saturated carbocycles. The van der Waals surface area contributed by atoms with Gasteiger partial charge in [0.1, 0.15) is 6.61 Å². The summed E-state index contributed by atoms with van der Waals surface area (Å²) in [6, 6.07) is 6.81. The molecule has 116 valence electrons. The third-order valence-electron chi connectivity index (χ3n) is 3.50. The Bertz CT molecular complexity index is 494. The Kier molecular flexibility index (Phi) is 5.90. The van der Waals surface area contributed by atoms with Gasteiger partial charge in [-0.05, 0) is 44.9 Å². The smallest absolute Gasteiger partial charge is 0.313 e. The number of hydrogen-bond acceptors (Lipinski definition) is 3. The first-order valence-corrected chi connectivity index (χ1v) is 7.02. The Morgan fingerprint density at radius 1 is 1.29 bits per heavy atom. The first-order valence-electron chi connectivity index (χ1n) is 7.02. The van der Waals surface area contributed by atoms with Crippen LogP contribution in [0.5, 0.6) is 0 Å². The van der Waals surface area contributed by atoms with E-state index in [0.717, 1.165) is 6.42 Å². The van der Waals surface area contributed by atoms with Crippen LogP contribution in [-0.4, -0.2) is 29.7 Å².